The van der Waals surface area contributed by atoms with E-state index >= 15 is 0 Å². The number of hydrogen-bond acceptors (Lipinski definition) is 6. The van der Waals surface area contributed by atoms with E-state index in [1.165, 1.54) is 0 Å². The summed E-state index contributed by atoms with van der Waals surface area (Å²) in [5, 5.41) is 0. The minimum absolute atomic E-state index is 0.185. The van der Waals surface area contributed by atoms with Gasteiger partial charge in [0.1, 0.15) is 0 Å². The molecule has 6 nitrogen and oxygen atoms in total. The second-order valence-electron chi connectivity index (χ2n) is 3.92. The van der Waals surface area contributed by atoms with Crippen molar-refractivity contribution >= 4 is 0 Å². The smallest absolute Gasteiger partial charge is 0.218 e. The summed E-state index contributed by atoms with van der Waals surface area (Å²) < 4.78 is 20.2. The lowest BCUT2D eigenvalue weighted by Gasteiger charge is -2.22. The Labute approximate surface area is 112 Å². The molecule has 0 aromatic rings. The second-order valence-corrected chi connectivity index (χ2v) is 3.92. The van der Waals surface area contributed by atoms with Gasteiger partial charge in [0.2, 0.25) is 12.8 Å². The molecule has 0 rings (SSSR count). The SMILES string of the molecule is CCOC(OCC)N(C)C.COC(OC)N(C)C. The van der Waals surface area contributed by atoms with E-state index in [2.05, 4.69) is 0 Å². The average molecular weight is 266 g/mol. The second kappa shape index (κ2) is 13.2. The highest BCUT2D eigenvalue weighted by atomic mass is 16.7. The molecule has 0 heterocycles. The molecule has 0 amide bonds. The van der Waals surface area contributed by atoms with Crippen molar-refractivity contribution in [2.45, 2.75) is 26.7 Å². The van der Waals surface area contributed by atoms with Gasteiger partial charge in [-0.15, -0.1) is 0 Å². The molecule has 0 saturated heterocycles. The van der Waals surface area contributed by atoms with E-state index in [9.17, 15) is 0 Å². The maximum absolute atomic E-state index is 5.25. The maximum Gasteiger partial charge on any atom is 0.218 e. The van der Waals surface area contributed by atoms with E-state index < -0.39 is 0 Å². The van der Waals surface area contributed by atoms with Crippen molar-refractivity contribution in [2.75, 3.05) is 55.6 Å². The molecule has 0 radical (unpaired) electrons. The molecule has 18 heavy (non-hydrogen) atoms. The van der Waals surface area contributed by atoms with Gasteiger partial charge in [-0.1, -0.05) is 0 Å². The Morgan fingerprint density at radius 3 is 1.17 bits per heavy atom. The fourth-order valence-electron chi connectivity index (χ4n) is 1.15. The minimum Gasteiger partial charge on any atom is -0.343 e. The normalized spacial score (nSPS) is 11.3. The molecule has 0 bridgehead atoms. The highest BCUT2D eigenvalue weighted by Crippen LogP contribution is 1.96. The third-order valence-corrected chi connectivity index (χ3v) is 1.87. The first kappa shape index (κ1) is 20.1. The van der Waals surface area contributed by atoms with Crippen molar-refractivity contribution in [3.8, 4) is 0 Å². The van der Waals surface area contributed by atoms with E-state index in [-0.39, 0.29) is 12.8 Å². The standard InChI is InChI=1S/C7H17NO2.C5H13NO2/c1-5-9-7(8(3)4)10-6-2;1-6(2)5(7-3)8-4/h7H,5-6H2,1-4H3;5H,1-4H3. The molecule has 0 saturated carbocycles. The molecule has 0 aliphatic rings. The summed E-state index contributed by atoms with van der Waals surface area (Å²) in [5.74, 6) is 0. The van der Waals surface area contributed by atoms with Crippen LogP contribution in [0.1, 0.15) is 13.8 Å². The van der Waals surface area contributed by atoms with Crippen LogP contribution in [0.2, 0.25) is 0 Å². The third kappa shape index (κ3) is 10.9. The Kier molecular flexibility index (Phi) is 14.7. The van der Waals surface area contributed by atoms with Crippen molar-refractivity contribution in [3.63, 3.8) is 0 Å². The summed E-state index contributed by atoms with van der Waals surface area (Å²) in [5.41, 5.74) is 0. The Bertz CT molecular complexity index is 158. The van der Waals surface area contributed by atoms with Crippen LogP contribution in [0.4, 0.5) is 0 Å². The maximum atomic E-state index is 5.25. The highest BCUT2D eigenvalue weighted by Gasteiger charge is 2.08. The zero-order valence-corrected chi connectivity index (χ0v) is 13.1. The Hall–Kier alpha value is -0.240. The first-order chi connectivity index (χ1) is 8.44. The van der Waals surface area contributed by atoms with Crippen LogP contribution in [0.5, 0.6) is 0 Å². The lowest BCUT2D eigenvalue weighted by atomic mass is 10.8. The van der Waals surface area contributed by atoms with Crippen molar-refractivity contribution in [2.24, 2.45) is 0 Å². The quantitative estimate of drug-likeness (QED) is 0.611. The van der Waals surface area contributed by atoms with E-state index in [1.54, 1.807) is 14.2 Å². The van der Waals surface area contributed by atoms with E-state index in [4.69, 9.17) is 18.9 Å². The minimum atomic E-state index is -0.213. The molecule has 0 atom stereocenters. The lowest BCUT2D eigenvalue weighted by molar-refractivity contribution is -0.206. The van der Waals surface area contributed by atoms with Crippen LogP contribution in [0.3, 0.4) is 0 Å². The first-order valence-electron chi connectivity index (χ1n) is 6.06. The van der Waals surface area contributed by atoms with Crippen molar-refractivity contribution in [3.05, 3.63) is 0 Å². The molecular formula is C12H30N2O4. The van der Waals surface area contributed by atoms with E-state index in [0.29, 0.717) is 13.2 Å². The lowest BCUT2D eigenvalue weighted by Crippen LogP contribution is -2.33. The van der Waals surface area contributed by atoms with Crippen LogP contribution in [0.15, 0.2) is 0 Å². The topological polar surface area (TPSA) is 43.4 Å². The van der Waals surface area contributed by atoms with Gasteiger partial charge in [-0.3, -0.25) is 9.80 Å². The van der Waals surface area contributed by atoms with Crippen LogP contribution in [-0.4, -0.2) is 78.3 Å². The molecule has 0 aromatic heterocycles. The average Bonchev–Trinajstić information content (AvgIpc) is 2.30. The summed E-state index contributed by atoms with van der Waals surface area (Å²) in [6, 6.07) is 0. The van der Waals surface area contributed by atoms with Crippen molar-refractivity contribution < 1.29 is 18.9 Å². The zero-order chi connectivity index (χ0) is 14.6. The van der Waals surface area contributed by atoms with Crippen LogP contribution >= 0.6 is 0 Å². The van der Waals surface area contributed by atoms with E-state index in [1.807, 2.05) is 51.8 Å². The number of nitrogens with zero attached hydrogens (tertiary/aromatic N) is 2. The van der Waals surface area contributed by atoms with Gasteiger partial charge in [-0.25, -0.2) is 0 Å². The van der Waals surface area contributed by atoms with E-state index in [0.717, 1.165) is 0 Å². The van der Waals surface area contributed by atoms with Gasteiger partial charge in [-0.05, 0) is 42.0 Å². The predicted octanol–water partition coefficient (Wildman–Crippen LogP) is 1.03. The molecule has 0 N–H and O–H groups in total. The Morgan fingerprint density at radius 2 is 1.06 bits per heavy atom. The predicted molar refractivity (Wildman–Crippen MR) is 72.2 cm³/mol. The fourth-order valence-corrected chi connectivity index (χ4v) is 1.15. The summed E-state index contributed by atoms with van der Waals surface area (Å²) in [4.78, 5) is 3.73. The zero-order valence-electron chi connectivity index (χ0n) is 13.1. The van der Waals surface area contributed by atoms with Crippen LogP contribution < -0.4 is 0 Å². The summed E-state index contributed by atoms with van der Waals surface area (Å²) in [6.45, 7) is 5.27. The number of rotatable bonds is 8. The summed E-state index contributed by atoms with van der Waals surface area (Å²) in [6.07, 6.45) is -0.398. The van der Waals surface area contributed by atoms with Gasteiger partial charge in [0.25, 0.3) is 0 Å². The van der Waals surface area contributed by atoms with Gasteiger partial charge in [0.05, 0.1) is 0 Å². The number of methoxy groups -OCH3 is 2. The van der Waals surface area contributed by atoms with Gasteiger partial charge in [0, 0.05) is 27.4 Å². The molecule has 0 fully saturated rings. The largest absolute Gasteiger partial charge is 0.343 e. The molecular weight excluding hydrogens is 236 g/mol. The monoisotopic (exact) mass is 266 g/mol. The molecule has 0 aliphatic heterocycles. The molecule has 0 spiro atoms. The molecule has 0 aromatic carbocycles. The summed E-state index contributed by atoms with van der Waals surface area (Å²) in [7, 11) is 10.8. The van der Waals surface area contributed by atoms with Gasteiger partial charge in [-0.2, -0.15) is 0 Å². The van der Waals surface area contributed by atoms with Crippen LogP contribution in [0, 0.1) is 0 Å². The van der Waals surface area contributed by atoms with Crippen LogP contribution in [0.25, 0.3) is 0 Å². The Morgan fingerprint density at radius 1 is 0.722 bits per heavy atom. The third-order valence-electron chi connectivity index (χ3n) is 1.87. The first-order valence-corrected chi connectivity index (χ1v) is 6.06. The fraction of sp³-hybridized carbons (Fsp3) is 1.00. The number of ether oxygens (including phenoxy) is 4. The van der Waals surface area contributed by atoms with Crippen LogP contribution in [-0.2, 0) is 18.9 Å². The highest BCUT2D eigenvalue weighted by molar-refractivity contribution is 4.37. The Balaban J connectivity index is 0. The molecule has 6 heteroatoms. The molecule has 0 unspecified atom stereocenters. The molecule has 0 aliphatic carbocycles. The van der Waals surface area contributed by atoms with Crippen molar-refractivity contribution in [1.29, 1.82) is 0 Å². The summed E-state index contributed by atoms with van der Waals surface area (Å²) >= 11 is 0. The van der Waals surface area contributed by atoms with Gasteiger partial charge >= 0.3 is 0 Å². The van der Waals surface area contributed by atoms with Gasteiger partial charge in [0.15, 0.2) is 0 Å². The molecule has 112 valence electrons. The number of hydrogen-bond donors (Lipinski definition) is 0. The van der Waals surface area contributed by atoms with Crippen molar-refractivity contribution in [1.82, 2.24) is 9.80 Å². The van der Waals surface area contributed by atoms with Gasteiger partial charge < -0.3 is 18.9 Å².